The third-order valence-corrected chi connectivity index (χ3v) is 7.78. The summed E-state index contributed by atoms with van der Waals surface area (Å²) in [7, 11) is 0. The summed E-state index contributed by atoms with van der Waals surface area (Å²) in [5, 5.41) is 22.5. The highest BCUT2D eigenvalue weighted by molar-refractivity contribution is 5.94. The third-order valence-electron chi connectivity index (χ3n) is 7.78. The third kappa shape index (κ3) is 4.64. The standard InChI is InChI=1S/C29H38N2O3/c1-4-16-30-17-15-28(24-11-8-12-26(32)18-24)19-25(13-14-29(28,34)21-30)31(20-22(2)3)27(33)23-9-6-5-7-10-23/h4-12,18,22,25,32,34H,1,13-17,19-21H2,2-3H3/t25-,28+,29+/m1/s1. The normalized spacial score (nSPS) is 27.2. The van der Waals surface area contributed by atoms with Crippen LogP contribution >= 0.6 is 0 Å². The number of aromatic hydroxyl groups is 1. The summed E-state index contributed by atoms with van der Waals surface area (Å²) in [6, 6.07) is 16.9. The number of hydrogen-bond acceptors (Lipinski definition) is 4. The van der Waals surface area contributed by atoms with Crippen LogP contribution < -0.4 is 0 Å². The second kappa shape index (κ2) is 9.93. The number of nitrogens with zero attached hydrogens (tertiary/aromatic N) is 2. The first kappa shape index (κ1) is 24.5. The van der Waals surface area contributed by atoms with E-state index in [9.17, 15) is 15.0 Å². The number of fused-ring (bicyclic) bond motifs is 1. The summed E-state index contributed by atoms with van der Waals surface area (Å²) >= 11 is 0. The van der Waals surface area contributed by atoms with Crippen LogP contribution in [0.3, 0.4) is 0 Å². The van der Waals surface area contributed by atoms with Crippen LogP contribution in [0.25, 0.3) is 0 Å². The molecule has 2 fully saturated rings. The number of carbonyl (C=O) groups is 1. The molecule has 1 amide bonds. The lowest BCUT2D eigenvalue weighted by molar-refractivity contribution is -0.131. The number of amides is 1. The lowest BCUT2D eigenvalue weighted by atomic mass is 9.55. The largest absolute Gasteiger partial charge is 0.508 e. The Morgan fingerprint density at radius 1 is 1.21 bits per heavy atom. The zero-order chi connectivity index (χ0) is 24.3. The molecule has 0 bridgehead atoms. The van der Waals surface area contributed by atoms with E-state index in [1.165, 1.54) is 0 Å². The van der Waals surface area contributed by atoms with Crippen LogP contribution in [-0.4, -0.2) is 63.7 Å². The number of phenols is 1. The number of rotatable bonds is 7. The quantitative estimate of drug-likeness (QED) is 0.590. The fraction of sp³-hybridized carbons (Fsp3) is 0.483. The Kier molecular flexibility index (Phi) is 7.15. The van der Waals surface area contributed by atoms with Gasteiger partial charge in [0, 0.05) is 36.7 Å². The topological polar surface area (TPSA) is 64.0 Å². The molecular weight excluding hydrogens is 424 g/mol. The lowest BCUT2D eigenvalue weighted by Gasteiger charge is -2.59. The fourth-order valence-electron chi connectivity index (χ4n) is 6.18. The number of aliphatic hydroxyl groups is 1. The first-order chi connectivity index (χ1) is 16.3. The molecular formula is C29H38N2O3. The van der Waals surface area contributed by atoms with Gasteiger partial charge < -0.3 is 15.1 Å². The van der Waals surface area contributed by atoms with E-state index in [0.717, 1.165) is 31.5 Å². The minimum absolute atomic E-state index is 0.0173. The number of carbonyl (C=O) groups excluding carboxylic acids is 1. The predicted octanol–water partition coefficient (Wildman–Crippen LogP) is 4.60. The van der Waals surface area contributed by atoms with Gasteiger partial charge in [0.1, 0.15) is 5.75 Å². The van der Waals surface area contributed by atoms with Crippen LogP contribution in [0.2, 0.25) is 0 Å². The summed E-state index contributed by atoms with van der Waals surface area (Å²) in [5.41, 5.74) is 0.210. The number of piperidine rings is 1. The second-order valence-corrected chi connectivity index (χ2v) is 10.6. The van der Waals surface area contributed by atoms with Gasteiger partial charge in [0.15, 0.2) is 0 Å². The lowest BCUT2D eigenvalue weighted by Crippen LogP contribution is -2.67. The molecule has 2 aromatic carbocycles. The molecule has 1 heterocycles. The molecule has 2 aliphatic rings. The molecule has 0 unspecified atom stereocenters. The Morgan fingerprint density at radius 3 is 2.65 bits per heavy atom. The van der Waals surface area contributed by atoms with Gasteiger partial charge in [0.05, 0.1) is 5.60 Å². The molecule has 1 saturated carbocycles. The molecule has 5 heteroatoms. The van der Waals surface area contributed by atoms with E-state index >= 15 is 0 Å². The van der Waals surface area contributed by atoms with Gasteiger partial charge in [-0.2, -0.15) is 0 Å². The monoisotopic (exact) mass is 462 g/mol. The minimum Gasteiger partial charge on any atom is -0.508 e. The summed E-state index contributed by atoms with van der Waals surface area (Å²) in [5.74, 6) is 0.601. The van der Waals surface area contributed by atoms with Crippen LogP contribution in [0.1, 0.15) is 55.5 Å². The number of β-amino-alcohol motifs (C(OH)–C–C–N with tert-alkyl or cyclic N) is 1. The van der Waals surface area contributed by atoms with Gasteiger partial charge in [-0.15, -0.1) is 6.58 Å². The summed E-state index contributed by atoms with van der Waals surface area (Å²) in [6.07, 6.45) is 4.70. The average molecular weight is 463 g/mol. The maximum Gasteiger partial charge on any atom is 0.254 e. The smallest absolute Gasteiger partial charge is 0.254 e. The molecule has 1 saturated heterocycles. The van der Waals surface area contributed by atoms with E-state index in [-0.39, 0.29) is 17.7 Å². The molecule has 0 radical (unpaired) electrons. The SMILES string of the molecule is C=CCN1CC[C@@]2(c3cccc(O)c3)C[C@H](N(CC(C)C)C(=O)c3ccccc3)CC[C@]2(O)C1. The number of hydrogen-bond donors (Lipinski definition) is 2. The van der Waals surface area contributed by atoms with Crippen LogP contribution in [0.5, 0.6) is 5.75 Å². The predicted molar refractivity (Wildman–Crippen MR) is 136 cm³/mol. The van der Waals surface area contributed by atoms with E-state index in [4.69, 9.17) is 0 Å². The molecule has 4 rings (SSSR count). The number of phenolic OH excluding ortho intramolecular Hbond substituents is 1. The highest BCUT2D eigenvalue weighted by atomic mass is 16.3. The van der Waals surface area contributed by atoms with Gasteiger partial charge in [-0.1, -0.05) is 50.3 Å². The van der Waals surface area contributed by atoms with Gasteiger partial charge in [0.2, 0.25) is 0 Å². The van der Waals surface area contributed by atoms with Crippen molar-refractivity contribution in [2.24, 2.45) is 5.92 Å². The molecule has 2 N–H and O–H groups in total. The van der Waals surface area contributed by atoms with Crippen molar-refractivity contribution in [1.29, 1.82) is 0 Å². The van der Waals surface area contributed by atoms with E-state index in [1.54, 1.807) is 6.07 Å². The van der Waals surface area contributed by atoms with Crippen molar-refractivity contribution in [2.45, 2.75) is 56.6 Å². The molecule has 182 valence electrons. The molecule has 2 aromatic rings. The van der Waals surface area contributed by atoms with Gasteiger partial charge in [-0.25, -0.2) is 0 Å². The average Bonchev–Trinajstić information content (AvgIpc) is 2.82. The summed E-state index contributed by atoms with van der Waals surface area (Å²) < 4.78 is 0. The molecule has 3 atom stereocenters. The van der Waals surface area contributed by atoms with Gasteiger partial charge in [-0.3, -0.25) is 9.69 Å². The highest BCUT2D eigenvalue weighted by Crippen LogP contribution is 2.53. The van der Waals surface area contributed by atoms with Crippen LogP contribution in [0, 0.1) is 5.92 Å². The fourth-order valence-corrected chi connectivity index (χ4v) is 6.18. The maximum atomic E-state index is 13.7. The van der Waals surface area contributed by atoms with E-state index in [0.29, 0.717) is 37.4 Å². The first-order valence-corrected chi connectivity index (χ1v) is 12.5. The number of benzene rings is 2. The Morgan fingerprint density at radius 2 is 1.97 bits per heavy atom. The Balaban J connectivity index is 1.73. The van der Waals surface area contributed by atoms with Gasteiger partial charge in [0.25, 0.3) is 5.91 Å². The highest BCUT2D eigenvalue weighted by Gasteiger charge is 2.58. The molecule has 1 aliphatic heterocycles. The van der Waals surface area contributed by atoms with Gasteiger partial charge in [-0.05, 0) is 68.0 Å². The molecule has 1 aliphatic carbocycles. The maximum absolute atomic E-state index is 13.7. The Labute approximate surface area is 203 Å². The van der Waals surface area contributed by atoms with Crippen molar-refractivity contribution in [3.05, 3.63) is 78.4 Å². The first-order valence-electron chi connectivity index (χ1n) is 12.5. The summed E-state index contributed by atoms with van der Waals surface area (Å²) in [6.45, 7) is 11.0. The van der Waals surface area contributed by atoms with Crippen molar-refractivity contribution in [3.8, 4) is 5.75 Å². The van der Waals surface area contributed by atoms with Crippen molar-refractivity contribution in [3.63, 3.8) is 0 Å². The molecule has 5 nitrogen and oxygen atoms in total. The second-order valence-electron chi connectivity index (χ2n) is 10.6. The number of likely N-dealkylation sites (tertiary alicyclic amines) is 1. The zero-order valence-corrected chi connectivity index (χ0v) is 20.5. The molecule has 34 heavy (non-hydrogen) atoms. The van der Waals surface area contributed by atoms with Crippen LogP contribution in [0.4, 0.5) is 0 Å². The Hall–Kier alpha value is -2.63. The van der Waals surface area contributed by atoms with E-state index in [2.05, 4.69) is 25.3 Å². The Bertz CT molecular complexity index is 1010. The van der Waals surface area contributed by atoms with Crippen LogP contribution in [-0.2, 0) is 5.41 Å². The minimum atomic E-state index is -0.933. The molecule has 0 spiro atoms. The van der Waals surface area contributed by atoms with Crippen LogP contribution in [0.15, 0.2) is 67.3 Å². The van der Waals surface area contributed by atoms with Gasteiger partial charge >= 0.3 is 0 Å². The zero-order valence-electron chi connectivity index (χ0n) is 20.5. The van der Waals surface area contributed by atoms with Crippen molar-refractivity contribution < 1.29 is 15.0 Å². The summed E-state index contributed by atoms with van der Waals surface area (Å²) in [4.78, 5) is 18.0. The van der Waals surface area contributed by atoms with E-state index in [1.807, 2.05) is 59.5 Å². The van der Waals surface area contributed by atoms with Crippen molar-refractivity contribution in [1.82, 2.24) is 9.80 Å². The van der Waals surface area contributed by atoms with Crippen molar-refractivity contribution >= 4 is 5.91 Å². The molecule has 0 aromatic heterocycles. The van der Waals surface area contributed by atoms with Crippen molar-refractivity contribution in [2.75, 3.05) is 26.2 Å². The van der Waals surface area contributed by atoms with E-state index < -0.39 is 11.0 Å².